The van der Waals surface area contributed by atoms with Gasteiger partial charge in [0, 0.05) is 36.2 Å². The van der Waals surface area contributed by atoms with Crippen LogP contribution in [0.15, 0.2) is 30.9 Å². The number of hydrogen-bond donors (Lipinski definition) is 2. The normalized spacial score (nSPS) is 12.1. The first kappa shape index (κ1) is 13.5. The van der Waals surface area contributed by atoms with Gasteiger partial charge in [-0.15, -0.1) is 0 Å². The first-order chi connectivity index (χ1) is 9.04. The molecular weight excluding hydrogens is 258 g/mol. The molecule has 0 aromatic carbocycles. The molecule has 19 heavy (non-hydrogen) atoms. The Bertz CT molecular complexity index is 564. The highest BCUT2D eigenvalue weighted by Gasteiger charge is 2.06. The van der Waals surface area contributed by atoms with Crippen molar-refractivity contribution < 1.29 is 0 Å². The third-order valence-electron chi connectivity index (χ3n) is 2.68. The van der Waals surface area contributed by atoms with Crippen LogP contribution in [0, 0.1) is 6.92 Å². The number of pyridine rings is 1. The van der Waals surface area contributed by atoms with Crippen molar-refractivity contribution in [2.24, 2.45) is 5.73 Å². The van der Waals surface area contributed by atoms with Gasteiger partial charge in [-0.3, -0.25) is 0 Å². The van der Waals surface area contributed by atoms with E-state index in [2.05, 4.69) is 22.2 Å². The molecule has 0 aliphatic heterocycles. The molecule has 0 fully saturated rings. The highest BCUT2D eigenvalue weighted by molar-refractivity contribution is 7.80. The fourth-order valence-corrected chi connectivity index (χ4v) is 2.01. The van der Waals surface area contributed by atoms with Crippen molar-refractivity contribution in [1.82, 2.24) is 14.5 Å². The number of nitrogens with two attached hydrogens (primary N) is 1. The maximum atomic E-state index is 5.66. The van der Waals surface area contributed by atoms with Crippen LogP contribution in [-0.4, -0.2) is 25.6 Å². The second kappa shape index (κ2) is 5.79. The topological polar surface area (TPSA) is 68.8 Å². The van der Waals surface area contributed by atoms with Crippen molar-refractivity contribution in [3.63, 3.8) is 0 Å². The molecule has 0 radical (unpaired) electrons. The number of aromatic nitrogens is 3. The predicted molar refractivity (Wildman–Crippen MR) is 80.2 cm³/mol. The van der Waals surface area contributed by atoms with Gasteiger partial charge in [0.25, 0.3) is 0 Å². The van der Waals surface area contributed by atoms with E-state index < -0.39 is 0 Å². The van der Waals surface area contributed by atoms with Gasteiger partial charge in [-0.25, -0.2) is 9.97 Å². The first-order valence-electron chi connectivity index (χ1n) is 6.05. The van der Waals surface area contributed by atoms with Crippen LogP contribution in [-0.2, 0) is 6.54 Å². The van der Waals surface area contributed by atoms with Gasteiger partial charge in [-0.1, -0.05) is 12.2 Å². The third kappa shape index (κ3) is 3.75. The molecule has 5 nitrogen and oxygen atoms in total. The van der Waals surface area contributed by atoms with Crippen LogP contribution in [0.4, 0.5) is 5.82 Å². The minimum Gasteiger partial charge on any atom is -0.389 e. The molecule has 2 rings (SSSR count). The van der Waals surface area contributed by atoms with Crippen molar-refractivity contribution in [1.29, 1.82) is 0 Å². The lowest BCUT2D eigenvalue weighted by Gasteiger charge is -2.16. The highest BCUT2D eigenvalue weighted by atomic mass is 32.1. The van der Waals surface area contributed by atoms with Crippen LogP contribution in [0.25, 0.3) is 0 Å². The summed E-state index contributed by atoms with van der Waals surface area (Å²) >= 11 is 5.00. The van der Waals surface area contributed by atoms with Crippen molar-refractivity contribution in [3.8, 4) is 0 Å². The summed E-state index contributed by atoms with van der Waals surface area (Å²) in [5.74, 6) is 0.787. The van der Waals surface area contributed by atoms with Gasteiger partial charge in [0.15, 0.2) is 0 Å². The number of nitrogens with one attached hydrogen (secondary N) is 1. The SMILES string of the molecule is Cc1cc(C(N)=S)cc(NC(C)Cn2ccnc2)n1. The molecule has 2 heterocycles. The minimum absolute atomic E-state index is 0.225. The van der Waals surface area contributed by atoms with E-state index in [0.29, 0.717) is 4.99 Å². The summed E-state index contributed by atoms with van der Waals surface area (Å²) in [6.07, 6.45) is 5.49. The van der Waals surface area contributed by atoms with Crippen molar-refractivity contribution in [2.75, 3.05) is 5.32 Å². The maximum absolute atomic E-state index is 5.66. The van der Waals surface area contributed by atoms with Crippen molar-refractivity contribution >= 4 is 23.0 Å². The van der Waals surface area contributed by atoms with E-state index in [0.717, 1.165) is 23.6 Å². The number of anilines is 1. The summed E-state index contributed by atoms with van der Waals surface area (Å²) in [6, 6.07) is 3.98. The monoisotopic (exact) mass is 275 g/mol. The Hall–Kier alpha value is -1.95. The van der Waals surface area contributed by atoms with Crippen LogP contribution in [0.3, 0.4) is 0 Å². The Balaban J connectivity index is 2.08. The fourth-order valence-electron chi connectivity index (χ4n) is 1.89. The quantitative estimate of drug-likeness (QED) is 0.813. The minimum atomic E-state index is 0.225. The van der Waals surface area contributed by atoms with E-state index >= 15 is 0 Å². The van der Waals surface area contributed by atoms with E-state index in [4.69, 9.17) is 18.0 Å². The molecule has 0 saturated heterocycles. The lowest BCUT2D eigenvalue weighted by Crippen LogP contribution is -2.22. The van der Waals surface area contributed by atoms with Gasteiger partial charge >= 0.3 is 0 Å². The first-order valence-corrected chi connectivity index (χ1v) is 6.46. The number of hydrogen-bond acceptors (Lipinski definition) is 4. The average molecular weight is 275 g/mol. The number of rotatable bonds is 5. The Kier molecular flexibility index (Phi) is 4.11. The lowest BCUT2D eigenvalue weighted by atomic mass is 10.2. The van der Waals surface area contributed by atoms with Gasteiger partial charge in [0.2, 0.25) is 0 Å². The second-order valence-corrected chi connectivity index (χ2v) is 4.99. The Labute approximate surface area is 117 Å². The summed E-state index contributed by atoms with van der Waals surface area (Å²) in [4.78, 5) is 8.84. The Morgan fingerprint density at radius 3 is 2.95 bits per heavy atom. The van der Waals surface area contributed by atoms with E-state index in [1.165, 1.54) is 0 Å². The van der Waals surface area contributed by atoms with Crippen LogP contribution in [0.2, 0.25) is 0 Å². The van der Waals surface area contributed by atoms with Crippen molar-refractivity contribution in [2.45, 2.75) is 26.4 Å². The van der Waals surface area contributed by atoms with Crippen LogP contribution in [0.1, 0.15) is 18.2 Å². The molecule has 6 heteroatoms. The van der Waals surface area contributed by atoms with Gasteiger partial charge in [0.1, 0.15) is 10.8 Å². The Morgan fingerprint density at radius 1 is 1.53 bits per heavy atom. The average Bonchev–Trinajstić information content (AvgIpc) is 2.80. The van der Waals surface area contributed by atoms with Gasteiger partial charge in [-0.2, -0.15) is 0 Å². The summed E-state index contributed by atoms with van der Waals surface area (Å²) in [5, 5.41) is 3.34. The van der Waals surface area contributed by atoms with Crippen LogP contribution < -0.4 is 11.1 Å². The zero-order valence-electron chi connectivity index (χ0n) is 11.0. The second-order valence-electron chi connectivity index (χ2n) is 4.55. The molecule has 2 aromatic rings. The smallest absolute Gasteiger partial charge is 0.127 e. The lowest BCUT2D eigenvalue weighted by molar-refractivity contribution is 0.617. The largest absolute Gasteiger partial charge is 0.389 e. The van der Waals surface area contributed by atoms with Gasteiger partial charge in [0.05, 0.1) is 6.33 Å². The molecule has 0 bridgehead atoms. The van der Waals surface area contributed by atoms with Gasteiger partial charge < -0.3 is 15.6 Å². The fraction of sp³-hybridized carbons (Fsp3) is 0.308. The molecule has 2 aromatic heterocycles. The molecule has 0 amide bonds. The third-order valence-corrected chi connectivity index (χ3v) is 2.91. The molecule has 1 unspecified atom stereocenters. The molecule has 1 atom stereocenters. The summed E-state index contributed by atoms with van der Waals surface area (Å²) < 4.78 is 2.02. The number of nitrogens with zero attached hydrogens (tertiary/aromatic N) is 3. The standard InChI is InChI=1S/C13H17N5S/c1-9-5-11(13(14)19)6-12(16-9)17-10(2)7-18-4-3-15-8-18/h3-6,8,10H,7H2,1-2H3,(H2,14,19)(H,16,17). The van der Waals surface area contributed by atoms with E-state index in [-0.39, 0.29) is 6.04 Å². The zero-order chi connectivity index (χ0) is 13.8. The molecule has 3 N–H and O–H groups in total. The summed E-state index contributed by atoms with van der Waals surface area (Å²) in [5.41, 5.74) is 7.38. The van der Waals surface area contributed by atoms with Crippen molar-refractivity contribution in [3.05, 3.63) is 42.1 Å². The van der Waals surface area contributed by atoms with Crippen LogP contribution >= 0.6 is 12.2 Å². The van der Waals surface area contributed by atoms with E-state index in [1.807, 2.05) is 29.8 Å². The summed E-state index contributed by atoms with van der Waals surface area (Å²) in [6.45, 7) is 4.83. The highest BCUT2D eigenvalue weighted by Crippen LogP contribution is 2.11. The maximum Gasteiger partial charge on any atom is 0.127 e. The summed E-state index contributed by atoms with van der Waals surface area (Å²) in [7, 11) is 0. The molecule has 100 valence electrons. The van der Waals surface area contributed by atoms with E-state index in [1.54, 1.807) is 12.5 Å². The number of aryl methyl sites for hydroxylation is 1. The molecule has 0 saturated carbocycles. The van der Waals surface area contributed by atoms with Crippen LogP contribution in [0.5, 0.6) is 0 Å². The predicted octanol–water partition coefficient (Wildman–Crippen LogP) is 1.72. The Morgan fingerprint density at radius 2 is 2.32 bits per heavy atom. The molecular formula is C13H17N5S. The molecule has 0 aliphatic carbocycles. The molecule has 0 aliphatic rings. The zero-order valence-corrected chi connectivity index (χ0v) is 11.8. The number of thiocarbonyl (C=S) groups is 1. The molecule has 0 spiro atoms. The number of imidazole rings is 1. The van der Waals surface area contributed by atoms with E-state index in [9.17, 15) is 0 Å². The van der Waals surface area contributed by atoms with Gasteiger partial charge in [-0.05, 0) is 26.0 Å².